The van der Waals surface area contributed by atoms with E-state index in [1.165, 1.54) is 0 Å². The molecule has 0 saturated heterocycles. The second kappa shape index (κ2) is 5.70. The van der Waals surface area contributed by atoms with Crippen LogP contribution in [0.15, 0.2) is 85.2 Å². The van der Waals surface area contributed by atoms with Gasteiger partial charge in [0.25, 0.3) is 0 Å². The second-order valence-electron chi connectivity index (χ2n) is 6.11. The number of aromatic hydroxyl groups is 1. The Morgan fingerprint density at radius 3 is 2.38 bits per heavy atom. The van der Waals surface area contributed by atoms with Crippen molar-refractivity contribution in [3.63, 3.8) is 0 Å². The van der Waals surface area contributed by atoms with E-state index in [1.54, 1.807) is 12.4 Å². The third kappa shape index (κ3) is 2.09. The second-order valence-corrected chi connectivity index (χ2v) is 6.11. The molecule has 4 heteroatoms. The number of benzene rings is 2. The van der Waals surface area contributed by atoms with E-state index in [4.69, 9.17) is 0 Å². The average molecular weight is 337 g/mol. The topological polar surface area (TPSA) is 50.9 Å². The van der Waals surface area contributed by atoms with Gasteiger partial charge in [0, 0.05) is 23.3 Å². The number of phenols is 1. The van der Waals surface area contributed by atoms with Crippen LogP contribution in [-0.4, -0.2) is 19.6 Å². The molecule has 0 atom stereocenters. The molecule has 0 fully saturated rings. The molecule has 3 heterocycles. The molecule has 0 amide bonds. The fourth-order valence-corrected chi connectivity index (χ4v) is 3.48. The number of aromatic nitrogens is 3. The molecule has 3 aromatic heterocycles. The standard InChI is InChI=1S/C22H15N3O/c26-22-15(17-9-3-4-13-23-17)8-5-11-20(22)25-18-10-2-1-7-16(18)21-19(25)12-6-14-24-21/h1-14,26H. The number of fused-ring (bicyclic) bond motifs is 3. The summed E-state index contributed by atoms with van der Waals surface area (Å²) in [6.45, 7) is 0. The van der Waals surface area contributed by atoms with E-state index < -0.39 is 0 Å². The van der Waals surface area contributed by atoms with Crippen LogP contribution in [0.5, 0.6) is 5.75 Å². The van der Waals surface area contributed by atoms with E-state index in [1.807, 2.05) is 66.7 Å². The lowest BCUT2D eigenvalue weighted by atomic mass is 10.1. The van der Waals surface area contributed by atoms with E-state index in [-0.39, 0.29) is 5.75 Å². The monoisotopic (exact) mass is 337 g/mol. The van der Waals surface area contributed by atoms with Crippen LogP contribution in [0.25, 0.3) is 38.9 Å². The molecule has 0 saturated carbocycles. The zero-order chi connectivity index (χ0) is 17.5. The minimum atomic E-state index is 0.206. The van der Waals surface area contributed by atoms with Crippen molar-refractivity contribution in [2.24, 2.45) is 0 Å². The molecule has 2 aromatic carbocycles. The number of hydrogen-bond donors (Lipinski definition) is 1. The zero-order valence-electron chi connectivity index (χ0n) is 13.9. The van der Waals surface area contributed by atoms with Gasteiger partial charge in [-0.15, -0.1) is 0 Å². The molecule has 0 aliphatic heterocycles. The Kier molecular flexibility index (Phi) is 3.22. The Morgan fingerprint density at radius 2 is 1.50 bits per heavy atom. The summed E-state index contributed by atoms with van der Waals surface area (Å²) in [7, 11) is 0. The highest BCUT2D eigenvalue weighted by Crippen LogP contribution is 2.38. The molecule has 124 valence electrons. The number of rotatable bonds is 2. The summed E-state index contributed by atoms with van der Waals surface area (Å²) in [5.41, 5.74) is 5.05. The largest absolute Gasteiger partial charge is 0.505 e. The van der Waals surface area contributed by atoms with Crippen molar-refractivity contribution in [1.82, 2.24) is 14.5 Å². The molecule has 5 aromatic rings. The van der Waals surface area contributed by atoms with Gasteiger partial charge in [-0.1, -0.05) is 30.3 Å². The van der Waals surface area contributed by atoms with Gasteiger partial charge >= 0.3 is 0 Å². The quantitative estimate of drug-likeness (QED) is 0.496. The zero-order valence-corrected chi connectivity index (χ0v) is 13.9. The molecule has 0 radical (unpaired) electrons. The fourth-order valence-electron chi connectivity index (χ4n) is 3.48. The summed E-state index contributed by atoms with van der Waals surface area (Å²) in [5.74, 6) is 0.206. The van der Waals surface area contributed by atoms with Crippen LogP contribution < -0.4 is 0 Å². The van der Waals surface area contributed by atoms with Crippen LogP contribution in [-0.2, 0) is 0 Å². The number of hydrogen-bond acceptors (Lipinski definition) is 3. The Hall–Kier alpha value is -3.66. The first-order chi connectivity index (χ1) is 12.8. The van der Waals surface area contributed by atoms with Gasteiger partial charge in [0.05, 0.1) is 27.9 Å². The molecule has 4 nitrogen and oxygen atoms in total. The molecule has 0 aliphatic carbocycles. The van der Waals surface area contributed by atoms with Crippen molar-refractivity contribution in [2.45, 2.75) is 0 Å². The SMILES string of the molecule is Oc1c(-c2ccccn2)cccc1-n1c2ccccc2c2ncccc21. The summed E-state index contributed by atoms with van der Waals surface area (Å²) in [6, 6.07) is 23.5. The van der Waals surface area contributed by atoms with Crippen molar-refractivity contribution in [1.29, 1.82) is 0 Å². The first-order valence-corrected chi connectivity index (χ1v) is 8.42. The number of pyridine rings is 2. The molecule has 5 rings (SSSR count). The number of para-hydroxylation sites is 2. The molecule has 26 heavy (non-hydrogen) atoms. The van der Waals surface area contributed by atoms with Crippen LogP contribution in [0.1, 0.15) is 0 Å². The number of nitrogens with zero attached hydrogens (tertiary/aromatic N) is 3. The van der Waals surface area contributed by atoms with E-state index in [9.17, 15) is 5.11 Å². The molecular formula is C22H15N3O. The van der Waals surface area contributed by atoms with Gasteiger partial charge in [-0.2, -0.15) is 0 Å². The van der Waals surface area contributed by atoms with Gasteiger partial charge in [-0.3, -0.25) is 9.97 Å². The average Bonchev–Trinajstić information content (AvgIpc) is 3.03. The maximum absolute atomic E-state index is 11.1. The molecule has 1 N–H and O–H groups in total. The van der Waals surface area contributed by atoms with Gasteiger partial charge in [0.1, 0.15) is 5.75 Å². The fraction of sp³-hybridized carbons (Fsp3) is 0. The Labute approximate surface area is 150 Å². The Balaban J connectivity index is 1.87. The third-order valence-corrected chi connectivity index (χ3v) is 4.62. The van der Waals surface area contributed by atoms with Crippen molar-refractivity contribution >= 4 is 21.9 Å². The normalized spacial score (nSPS) is 11.2. The predicted octanol–water partition coefficient (Wildman–Crippen LogP) is 4.95. The van der Waals surface area contributed by atoms with E-state index in [0.717, 1.165) is 27.6 Å². The smallest absolute Gasteiger partial charge is 0.148 e. The number of phenolic OH excluding ortho intramolecular Hbond substituents is 1. The van der Waals surface area contributed by atoms with Gasteiger partial charge in [-0.05, 0) is 42.5 Å². The minimum absolute atomic E-state index is 0.206. The van der Waals surface area contributed by atoms with Gasteiger partial charge in [0.2, 0.25) is 0 Å². The van der Waals surface area contributed by atoms with Crippen LogP contribution in [0.3, 0.4) is 0 Å². The molecule has 0 aliphatic rings. The summed E-state index contributed by atoms with van der Waals surface area (Å²) in [6.07, 6.45) is 3.52. The van der Waals surface area contributed by atoms with Gasteiger partial charge in [0.15, 0.2) is 0 Å². The highest BCUT2D eigenvalue weighted by atomic mass is 16.3. The first kappa shape index (κ1) is 14.7. The van der Waals surface area contributed by atoms with Crippen molar-refractivity contribution < 1.29 is 5.11 Å². The lowest BCUT2D eigenvalue weighted by Crippen LogP contribution is -1.96. The Bertz CT molecular complexity index is 1190. The van der Waals surface area contributed by atoms with Crippen LogP contribution in [0.4, 0.5) is 0 Å². The summed E-state index contributed by atoms with van der Waals surface area (Å²) >= 11 is 0. The third-order valence-electron chi connectivity index (χ3n) is 4.62. The predicted molar refractivity (Wildman–Crippen MR) is 103 cm³/mol. The minimum Gasteiger partial charge on any atom is -0.505 e. The van der Waals surface area contributed by atoms with Crippen molar-refractivity contribution in [2.75, 3.05) is 0 Å². The van der Waals surface area contributed by atoms with E-state index in [0.29, 0.717) is 11.3 Å². The van der Waals surface area contributed by atoms with Crippen LogP contribution in [0.2, 0.25) is 0 Å². The molecule has 0 unspecified atom stereocenters. The van der Waals surface area contributed by atoms with Gasteiger partial charge < -0.3 is 9.67 Å². The molecule has 0 bridgehead atoms. The van der Waals surface area contributed by atoms with E-state index in [2.05, 4.69) is 20.6 Å². The molecular weight excluding hydrogens is 322 g/mol. The maximum Gasteiger partial charge on any atom is 0.148 e. The summed E-state index contributed by atoms with van der Waals surface area (Å²) in [4.78, 5) is 8.93. The van der Waals surface area contributed by atoms with Gasteiger partial charge in [-0.25, -0.2) is 0 Å². The summed E-state index contributed by atoms with van der Waals surface area (Å²) < 4.78 is 2.05. The first-order valence-electron chi connectivity index (χ1n) is 8.42. The van der Waals surface area contributed by atoms with Crippen LogP contribution in [0, 0.1) is 0 Å². The lowest BCUT2D eigenvalue weighted by molar-refractivity contribution is 0.475. The Morgan fingerprint density at radius 1 is 0.692 bits per heavy atom. The lowest BCUT2D eigenvalue weighted by Gasteiger charge is -2.12. The highest BCUT2D eigenvalue weighted by molar-refractivity contribution is 6.07. The highest BCUT2D eigenvalue weighted by Gasteiger charge is 2.17. The summed E-state index contributed by atoms with van der Waals surface area (Å²) in [5, 5.41) is 12.1. The maximum atomic E-state index is 11.1. The van der Waals surface area contributed by atoms with Crippen LogP contribution >= 0.6 is 0 Å². The molecule has 0 spiro atoms. The van der Waals surface area contributed by atoms with E-state index >= 15 is 0 Å². The van der Waals surface area contributed by atoms with Crippen molar-refractivity contribution in [3.05, 3.63) is 85.2 Å². The van der Waals surface area contributed by atoms with Crippen molar-refractivity contribution in [3.8, 4) is 22.7 Å².